The molecule has 22 heavy (non-hydrogen) atoms. The second-order valence-electron chi connectivity index (χ2n) is 6.70. The van der Waals surface area contributed by atoms with Crippen LogP contribution in [0, 0.1) is 6.92 Å². The number of carbonyl (C=O) groups is 1. The number of rotatable bonds is 4. The van der Waals surface area contributed by atoms with Gasteiger partial charge in [-0.1, -0.05) is 31.6 Å². The van der Waals surface area contributed by atoms with E-state index in [-0.39, 0.29) is 17.6 Å². The van der Waals surface area contributed by atoms with E-state index in [0.29, 0.717) is 0 Å². The van der Waals surface area contributed by atoms with Crippen LogP contribution in [0.5, 0.6) is 0 Å². The number of allylic oxidation sites excluding steroid dienone is 1. The summed E-state index contributed by atoms with van der Waals surface area (Å²) >= 11 is 0. The summed E-state index contributed by atoms with van der Waals surface area (Å²) in [7, 11) is 1.47. The summed E-state index contributed by atoms with van der Waals surface area (Å²) in [6.45, 7) is 10.7. The van der Waals surface area contributed by atoms with Crippen molar-refractivity contribution in [3.8, 4) is 0 Å². The van der Waals surface area contributed by atoms with Crippen LogP contribution in [-0.4, -0.2) is 24.7 Å². The Morgan fingerprint density at radius 2 is 2.00 bits per heavy atom. The number of methoxy groups -OCH3 is 1. The largest absolute Gasteiger partial charge is 0.467 e. The van der Waals surface area contributed by atoms with E-state index in [2.05, 4.69) is 63.8 Å². The van der Waals surface area contributed by atoms with Crippen molar-refractivity contribution >= 4 is 17.2 Å². The minimum absolute atomic E-state index is 0.157. The van der Waals surface area contributed by atoms with Gasteiger partial charge >= 0.3 is 5.97 Å². The van der Waals surface area contributed by atoms with E-state index >= 15 is 0 Å². The van der Waals surface area contributed by atoms with Crippen molar-refractivity contribution in [2.45, 2.75) is 59.0 Å². The maximum Gasteiger partial charge on any atom is 0.328 e. The first-order valence-corrected chi connectivity index (χ1v) is 7.99. The van der Waals surface area contributed by atoms with Crippen molar-refractivity contribution in [2.75, 3.05) is 12.0 Å². The molecule has 0 saturated heterocycles. The van der Waals surface area contributed by atoms with Gasteiger partial charge < -0.3 is 9.64 Å². The number of esters is 1. The summed E-state index contributed by atoms with van der Waals surface area (Å²) in [4.78, 5) is 14.6. The maximum absolute atomic E-state index is 12.4. The molecule has 1 aromatic rings. The van der Waals surface area contributed by atoms with E-state index < -0.39 is 0 Å². The lowest BCUT2D eigenvalue weighted by Gasteiger charge is -2.46. The number of hydrogen-bond donors (Lipinski definition) is 0. The van der Waals surface area contributed by atoms with Gasteiger partial charge in [-0.05, 0) is 51.3 Å². The van der Waals surface area contributed by atoms with Gasteiger partial charge in [0.1, 0.15) is 6.04 Å². The molecule has 1 unspecified atom stereocenters. The van der Waals surface area contributed by atoms with Gasteiger partial charge in [0.05, 0.1) is 12.6 Å². The molecule has 120 valence electrons. The van der Waals surface area contributed by atoms with Crippen LogP contribution in [0.25, 0.3) is 5.57 Å². The molecule has 0 aliphatic carbocycles. The van der Waals surface area contributed by atoms with Gasteiger partial charge in [0.2, 0.25) is 0 Å². The highest BCUT2D eigenvalue weighted by atomic mass is 16.5. The SMILES string of the molecule is CCCC(C(=O)OC)N1c2cc(C)ccc2C(C)=CC1(C)C. The quantitative estimate of drug-likeness (QED) is 0.775. The molecule has 0 aromatic heterocycles. The van der Waals surface area contributed by atoms with E-state index in [4.69, 9.17) is 4.74 Å². The van der Waals surface area contributed by atoms with Crippen LogP contribution >= 0.6 is 0 Å². The van der Waals surface area contributed by atoms with E-state index in [9.17, 15) is 4.79 Å². The summed E-state index contributed by atoms with van der Waals surface area (Å²) in [6, 6.07) is 6.20. The molecular weight excluding hydrogens is 274 g/mol. The minimum Gasteiger partial charge on any atom is -0.467 e. The van der Waals surface area contributed by atoms with Gasteiger partial charge in [-0.3, -0.25) is 0 Å². The molecule has 3 heteroatoms. The molecule has 0 bridgehead atoms. The zero-order valence-corrected chi connectivity index (χ0v) is 14.6. The highest BCUT2D eigenvalue weighted by Crippen LogP contribution is 2.41. The molecule has 3 nitrogen and oxygen atoms in total. The third kappa shape index (κ3) is 2.90. The summed E-state index contributed by atoms with van der Waals surface area (Å²) in [5, 5.41) is 0. The molecule has 0 fully saturated rings. The van der Waals surface area contributed by atoms with Gasteiger partial charge in [-0.25, -0.2) is 4.79 Å². The number of hydrogen-bond acceptors (Lipinski definition) is 3. The smallest absolute Gasteiger partial charge is 0.328 e. The number of anilines is 1. The topological polar surface area (TPSA) is 29.5 Å². The average molecular weight is 301 g/mol. The predicted molar refractivity (Wildman–Crippen MR) is 92.1 cm³/mol. The number of nitrogens with zero attached hydrogens (tertiary/aromatic N) is 1. The number of benzene rings is 1. The molecule has 1 aliphatic rings. The molecular formula is C19H27NO2. The van der Waals surface area contributed by atoms with Crippen LogP contribution in [0.15, 0.2) is 24.3 Å². The fourth-order valence-electron chi connectivity index (χ4n) is 3.49. The summed E-state index contributed by atoms with van der Waals surface area (Å²) in [5.74, 6) is -0.157. The zero-order valence-electron chi connectivity index (χ0n) is 14.6. The lowest BCUT2D eigenvalue weighted by molar-refractivity contribution is -0.142. The van der Waals surface area contributed by atoms with Gasteiger partial charge in [0.25, 0.3) is 0 Å². The minimum atomic E-state index is -0.255. The summed E-state index contributed by atoms with van der Waals surface area (Å²) in [6.07, 6.45) is 3.98. The molecule has 2 rings (SSSR count). The van der Waals surface area contributed by atoms with Crippen molar-refractivity contribution in [2.24, 2.45) is 0 Å². The third-order valence-electron chi connectivity index (χ3n) is 4.38. The van der Waals surface area contributed by atoms with Crippen molar-refractivity contribution in [1.29, 1.82) is 0 Å². The monoisotopic (exact) mass is 301 g/mol. The van der Waals surface area contributed by atoms with Crippen molar-refractivity contribution < 1.29 is 9.53 Å². The van der Waals surface area contributed by atoms with Crippen molar-refractivity contribution in [1.82, 2.24) is 0 Å². The molecule has 1 atom stereocenters. The highest BCUT2D eigenvalue weighted by Gasteiger charge is 2.39. The van der Waals surface area contributed by atoms with Crippen LogP contribution in [-0.2, 0) is 9.53 Å². The van der Waals surface area contributed by atoms with E-state index in [1.807, 2.05) is 0 Å². The van der Waals surface area contributed by atoms with Crippen LogP contribution in [0.2, 0.25) is 0 Å². The molecule has 0 N–H and O–H groups in total. The molecule has 0 amide bonds. The first-order valence-electron chi connectivity index (χ1n) is 7.99. The fourth-order valence-corrected chi connectivity index (χ4v) is 3.49. The molecule has 1 aliphatic heterocycles. The molecule has 0 spiro atoms. The van der Waals surface area contributed by atoms with Gasteiger partial charge in [-0.15, -0.1) is 0 Å². The highest BCUT2D eigenvalue weighted by molar-refractivity contribution is 5.87. The standard InChI is InChI=1S/C19H27NO2/c1-7-8-16(18(21)22-6)20-17-11-13(2)9-10-15(17)14(3)12-19(20,4)5/h9-12,16H,7-8H2,1-6H3. The molecule has 0 radical (unpaired) electrons. The van der Waals surface area contributed by atoms with Gasteiger partial charge in [0, 0.05) is 11.3 Å². The van der Waals surface area contributed by atoms with Crippen molar-refractivity contribution in [3.63, 3.8) is 0 Å². The van der Waals surface area contributed by atoms with E-state index in [0.717, 1.165) is 18.5 Å². The maximum atomic E-state index is 12.4. The van der Waals surface area contributed by atoms with Crippen LogP contribution in [0.4, 0.5) is 5.69 Å². The van der Waals surface area contributed by atoms with Gasteiger partial charge in [-0.2, -0.15) is 0 Å². The third-order valence-corrected chi connectivity index (χ3v) is 4.38. The number of ether oxygens (including phenoxy) is 1. The van der Waals surface area contributed by atoms with E-state index in [1.165, 1.54) is 23.8 Å². The second-order valence-corrected chi connectivity index (χ2v) is 6.70. The zero-order chi connectivity index (χ0) is 16.5. The Bertz CT molecular complexity index is 601. The summed E-state index contributed by atoms with van der Waals surface area (Å²) in [5.41, 5.74) is 4.58. The average Bonchev–Trinajstić information content (AvgIpc) is 2.44. The Morgan fingerprint density at radius 3 is 2.59 bits per heavy atom. The molecule has 0 saturated carbocycles. The lowest BCUT2D eigenvalue weighted by Crippen LogP contribution is -2.54. The number of carbonyl (C=O) groups excluding carboxylic acids is 1. The summed E-state index contributed by atoms with van der Waals surface area (Å²) < 4.78 is 5.08. The number of fused-ring (bicyclic) bond motifs is 1. The molecule has 1 aromatic carbocycles. The Kier molecular flexibility index (Phi) is 4.64. The normalized spacial score (nSPS) is 17.5. The van der Waals surface area contributed by atoms with Crippen LogP contribution in [0.3, 0.4) is 0 Å². The predicted octanol–water partition coefficient (Wildman–Crippen LogP) is 4.34. The molecule has 1 heterocycles. The van der Waals surface area contributed by atoms with E-state index in [1.54, 1.807) is 0 Å². The van der Waals surface area contributed by atoms with Crippen LogP contribution < -0.4 is 4.90 Å². The second kappa shape index (κ2) is 6.15. The fraction of sp³-hybridized carbons (Fsp3) is 0.526. The Morgan fingerprint density at radius 1 is 1.32 bits per heavy atom. The van der Waals surface area contributed by atoms with Crippen LogP contribution in [0.1, 0.15) is 51.7 Å². The first kappa shape index (κ1) is 16.6. The Labute approximate surface area is 134 Å². The van der Waals surface area contributed by atoms with Gasteiger partial charge in [0.15, 0.2) is 0 Å². The Hall–Kier alpha value is -1.77. The lowest BCUT2D eigenvalue weighted by atomic mass is 9.86. The Balaban J connectivity index is 2.61. The first-order chi connectivity index (χ1) is 10.3. The van der Waals surface area contributed by atoms with Crippen molar-refractivity contribution in [3.05, 3.63) is 35.4 Å². The number of aryl methyl sites for hydroxylation is 1.